The summed E-state index contributed by atoms with van der Waals surface area (Å²) in [5, 5.41) is 3.61. The molecule has 4 rings (SSSR count). The van der Waals surface area contributed by atoms with Crippen molar-refractivity contribution in [2.75, 3.05) is 24.1 Å². The quantitative estimate of drug-likeness (QED) is 0.727. The van der Waals surface area contributed by atoms with Gasteiger partial charge in [0.25, 0.3) is 0 Å². The first-order valence-corrected chi connectivity index (χ1v) is 9.33. The first-order valence-electron chi connectivity index (χ1n) is 9.33. The van der Waals surface area contributed by atoms with Gasteiger partial charge in [-0.05, 0) is 36.1 Å². The summed E-state index contributed by atoms with van der Waals surface area (Å²) in [4.78, 5) is 15.2. The van der Waals surface area contributed by atoms with Crippen molar-refractivity contribution in [3.63, 3.8) is 0 Å². The summed E-state index contributed by atoms with van der Waals surface area (Å²) in [6, 6.07) is 14.7. The summed E-state index contributed by atoms with van der Waals surface area (Å²) >= 11 is 0. The largest absolute Gasteiger partial charge is 0.368 e. The number of nitrogens with one attached hydrogen (secondary N) is 1. The first-order chi connectivity index (χ1) is 13.3. The standard InChI is InChI=1S/C21H24N6/c22-21-24-14-19(17-4-2-1-3-5-17)20(26-21)25-18-8-12-27(13-9-18)15-16-6-10-23-11-7-16/h1-7,10-11,14,18H,8-9,12-13,15H2,(H3,22,24,25,26). The van der Waals surface area contributed by atoms with Crippen LogP contribution in [0, 0.1) is 0 Å². The predicted octanol–water partition coefficient (Wildman–Crippen LogP) is 3.20. The van der Waals surface area contributed by atoms with Crippen molar-refractivity contribution in [3.8, 4) is 11.1 Å². The molecule has 0 amide bonds. The van der Waals surface area contributed by atoms with Gasteiger partial charge in [-0.1, -0.05) is 30.3 Å². The van der Waals surface area contributed by atoms with Crippen LogP contribution >= 0.6 is 0 Å². The number of nitrogens with zero attached hydrogens (tertiary/aromatic N) is 4. The molecule has 6 nitrogen and oxygen atoms in total. The lowest BCUT2D eigenvalue weighted by molar-refractivity contribution is 0.211. The number of aromatic nitrogens is 3. The Bertz CT molecular complexity index is 860. The minimum absolute atomic E-state index is 0.298. The molecule has 0 radical (unpaired) electrons. The Labute approximate surface area is 159 Å². The molecule has 0 atom stereocenters. The van der Waals surface area contributed by atoms with E-state index in [0.29, 0.717) is 12.0 Å². The van der Waals surface area contributed by atoms with Gasteiger partial charge in [0.2, 0.25) is 5.95 Å². The predicted molar refractivity (Wildman–Crippen MR) is 108 cm³/mol. The minimum Gasteiger partial charge on any atom is -0.368 e. The minimum atomic E-state index is 0.298. The van der Waals surface area contributed by atoms with E-state index in [4.69, 9.17) is 5.73 Å². The number of anilines is 2. The molecule has 0 unspecified atom stereocenters. The number of likely N-dealkylation sites (tertiary alicyclic amines) is 1. The Kier molecular flexibility index (Phi) is 5.25. The number of nitrogen functional groups attached to an aromatic ring is 1. The highest BCUT2D eigenvalue weighted by molar-refractivity contribution is 5.75. The fourth-order valence-corrected chi connectivity index (χ4v) is 3.51. The van der Waals surface area contributed by atoms with Crippen molar-refractivity contribution in [3.05, 3.63) is 66.6 Å². The van der Waals surface area contributed by atoms with Crippen LogP contribution in [0.2, 0.25) is 0 Å². The Morgan fingerprint density at radius 2 is 1.78 bits per heavy atom. The van der Waals surface area contributed by atoms with Crippen molar-refractivity contribution in [2.24, 2.45) is 0 Å². The van der Waals surface area contributed by atoms with Gasteiger partial charge in [0, 0.05) is 49.8 Å². The summed E-state index contributed by atoms with van der Waals surface area (Å²) in [5.74, 6) is 1.12. The van der Waals surface area contributed by atoms with Gasteiger partial charge in [0.15, 0.2) is 0 Å². The Balaban J connectivity index is 1.41. The lowest BCUT2D eigenvalue weighted by Crippen LogP contribution is -2.38. The highest BCUT2D eigenvalue weighted by Gasteiger charge is 2.21. The van der Waals surface area contributed by atoms with Crippen LogP contribution in [0.4, 0.5) is 11.8 Å². The molecular formula is C21H24N6. The fourth-order valence-electron chi connectivity index (χ4n) is 3.51. The third kappa shape index (κ3) is 4.41. The van der Waals surface area contributed by atoms with Crippen molar-refractivity contribution in [1.82, 2.24) is 19.9 Å². The number of nitrogens with two attached hydrogens (primary N) is 1. The molecule has 27 heavy (non-hydrogen) atoms. The van der Waals surface area contributed by atoms with Gasteiger partial charge in [-0.3, -0.25) is 9.88 Å². The molecule has 3 N–H and O–H groups in total. The molecule has 0 bridgehead atoms. The molecule has 1 aliphatic rings. The van der Waals surface area contributed by atoms with Crippen LogP contribution in [-0.4, -0.2) is 39.0 Å². The average molecular weight is 360 g/mol. The van der Waals surface area contributed by atoms with E-state index >= 15 is 0 Å². The van der Waals surface area contributed by atoms with E-state index in [9.17, 15) is 0 Å². The lowest BCUT2D eigenvalue weighted by Gasteiger charge is -2.33. The van der Waals surface area contributed by atoms with Crippen LogP contribution in [0.5, 0.6) is 0 Å². The molecule has 2 aromatic heterocycles. The maximum atomic E-state index is 5.84. The molecule has 3 heterocycles. The third-order valence-electron chi connectivity index (χ3n) is 4.98. The molecular weight excluding hydrogens is 336 g/mol. The molecule has 1 aromatic carbocycles. The summed E-state index contributed by atoms with van der Waals surface area (Å²) in [7, 11) is 0. The van der Waals surface area contributed by atoms with Crippen LogP contribution in [0.25, 0.3) is 11.1 Å². The van der Waals surface area contributed by atoms with Gasteiger partial charge >= 0.3 is 0 Å². The Morgan fingerprint density at radius 3 is 2.52 bits per heavy atom. The molecule has 1 fully saturated rings. The smallest absolute Gasteiger partial charge is 0.221 e. The topological polar surface area (TPSA) is 80.0 Å². The van der Waals surface area contributed by atoms with Crippen LogP contribution in [0.15, 0.2) is 61.1 Å². The van der Waals surface area contributed by atoms with E-state index in [0.717, 1.165) is 49.4 Å². The molecule has 0 aliphatic carbocycles. The zero-order valence-corrected chi connectivity index (χ0v) is 15.3. The van der Waals surface area contributed by atoms with Crippen LogP contribution < -0.4 is 11.1 Å². The monoisotopic (exact) mass is 360 g/mol. The van der Waals surface area contributed by atoms with Gasteiger partial charge in [-0.2, -0.15) is 4.98 Å². The zero-order chi connectivity index (χ0) is 18.5. The van der Waals surface area contributed by atoms with Crippen molar-refractivity contribution in [2.45, 2.75) is 25.4 Å². The van der Waals surface area contributed by atoms with Crippen LogP contribution in [0.3, 0.4) is 0 Å². The lowest BCUT2D eigenvalue weighted by atomic mass is 10.0. The molecule has 138 valence electrons. The van der Waals surface area contributed by atoms with Gasteiger partial charge in [-0.25, -0.2) is 4.98 Å². The molecule has 6 heteroatoms. The maximum absolute atomic E-state index is 5.84. The average Bonchev–Trinajstić information content (AvgIpc) is 2.71. The number of piperidine rings is 1. The molecule has 0 spiro atoms. The maximum Gasteiger partial charge on any atom is 0.221 e. The molecule has 3 aromatic rings. The van der Waals surface area contributed by atoms with E-state index in [2.05, 4.69) is 49.4 Å². The normalized spacial score (nSPS) is 15.6. The second-order valence-corrected chi connectivity index (χ2v) is 6.91. The number of benzene rings is 1. The highest BCUT2D eigenvalue weighted by Crippen LogP contribution is 2.28. The second kappa shape index (κ2) is 8.14. The van der Waals surface area contributed by atoms with Crippen LogP contribution in [0.1, 0.15) is 18.4 Å². The van der Waals surface area contributed by atoms with Crippen molar-refractivity contribution < 1.29 is 0 Å². The number of hydrogen-bond donors (Lipinski definition) is 2. The van der Waals surface area contributed by atoms with Gasteiger partial charge in [0.1, 0.15) is 5.82 Å². The molecule has 1 aliphatic heterocycles. The number of pyridine rings is 1. The summed E-state index contributed by atoms with van der Waals surface area (Å²) < 4.78 is 0. The Morgan fingerprint density at radius 1 is 1.04 bits per heavy atom. The van der Waals surface area contributed by atoms with Crippen LogP contribution in [-0.2, 0) is 6.54 Å². The Hall–Kier alpha value is -2.99. The SMILES string of the molecule is Nc1ncc(-c2ccccc2)c(NC2CCN(Cc3ccncc3)CC2)n1. The van der Waals surface area contributed by atoms with E-state index in [1.54, 1.807) is 6.20 Å². The van der Waals surface area contributed by atoms with Crippen molar-refractivity contribution >= 4 is 11.8 Å². The van der Waals surface area contributed by atoms with E-state index in [-0.39, 0.29) is 0 Å². The summed E-state index contributed by atoms with van der Waals surface area (Å²) in [6.45, 7) is 3.09. The first kappa shape index (κ1) is 17.4. The highest BCUT2D eigenvalue weighted by atomic mass is 15.2. The zero-order valence-electron chi connectivity index (χ0n) is 15.3. The summed E-state index contributed by atoms with van der Waals surface area (Å²) in [5.41, 5.74) is 9.24. The van der Waals surface area contributed by atoms with Gasteiger partial charge < -0.3 is 11.1 Å². The number of hydrogen-bond acceptors (Lipinski definition) is 6. The van der Waals surface area contributed by atoms with Gasteiger partial charge in [0.05, 0.1) is 0 Å². The third-order valence-corrected chi connectivity index (χ3v) is 4.98. The summed E-state index contributed by atoms with van der Waals surface area (Å²) in [6.07, 6.45) is 7.66. The second-order valence-electron chi connectivity index (χ2n) is 6.91. The van der Waals surface area contributed by atoms with Crippen molar-refractivity contribution in [1.29, 1.82) is 0 Å². The van der Waals surface area contributed by atoms with E-state index < -0.39 is 0 Å². The van der Waals surface area contributed by atoms with Gasteiger partial charge in [-0.15, -0.1) is 0 Å². The fraction of sp³-hybridized carbons (Fsp3) is 0.286. The molecule has 1 saturated heterocycles. The molecule has 0 saturated carbocycles. The number of rotatable bonds is 5. The van der Waals surface area contributed by atoms with E-state index in [1.807, 2.05) is 30.6 Å². The van der Waals surface area contributed by atoms with E-state index in [1.165, 1.54) is 5.56 Å².